The van der Waals surface area contributed by atoms with Gasteiger partial charge < -0.3 is 13.6 Å². The van der Waals surface area contributed by atoms with Crippen molar-refractivity contribution in [2.45, 2.75) is 0 Å². The standard InChI is InChI=1S/C63H39N5O/c1-5-21-40(22-6-1)44-37-38-54-49(39-44)56-55(41-23-7-2-8-24-41)57(63-65-61(42-25-9-3-10-26-42)64-62(66-63)43-27-11-4-12-28-43)58(67-50-33-17-13-29-45(50)46-30-14-18-34-51(46)67)59(60(56)69-54)68-52-35-19-15-31-47(52)48-32-16-20-36-53(48)68/h1-39H. The number of hydrogen-bond acceptors (Lipinski definition) is 4. The average molecular weight is 882 g/mol. The molecule has 322 valence electrons. The highest BCUT2D eigenvalue weighted by Crippen LogP contribution is 2.52. The van der Waals surface area contributed by atoms with E-state index in [0.29, 0.717) is 17.5 Å². The van der Waals surface area contributed by atoms with Gasteiger partial charge in [-0.05, 0) is 53.1 Å². The second kappa shape index (κ2) is 15.6. The first kappa shape index (κ1) is 38.8. The monoisotopic (exact) mass is 881 g/mol. The molecule has 0 unspecified atom stereocenters. The van der Waals surface area contributed by atoms with Crippen LogP contribution in [0.5, 0.6) is 0 Å². The first-order valence-electron chi connectivity index (χ1n) is 23.3. The van der Waals surface area contributed by atoms with E-state index in [9.17, 15) is 0 Å². The molecule has 0 aliphatic carbocycles. The molecule has 0 bridgehead atoms. The van der Waals surface area contributed by atoms with Crippen molar-refractivity contribution in [2.75, 3.05) is 0 Å². The molecule has 6 nitrogen and oxygen atoms in total. The van der Waals surface area contributed by atoms with E-state index in [0.717, 1.165) is 116 Å². The molecular formula is C63H39N5O. The Balaban J connectivity index is 1.29. The maximum Gasteiger partial charge on any atom is 0.166 e. The van der Waals surface area contributed by atoms with Gasteiger partial charge in [0.15, 0.2) is 23.1 Å². The van der Waals surface area contributed by atoms with Crippen molar-refractivity contribution in [3.63, 3.8) is 0 Å². The zero-order valence-corrected chi connectivity index (χ0v) is 37.2. The lowest BCUT2D eigenvalue weighted by atomic mass is 9.90. The molecule has 0 spiro atoms. The fourth-order valence-electron chi connectivity index (χ4n) is 10.6. The minimum Gasteiger partial charge on any atom is -0.454 e. The summed E-state index contributed by atoms with van der Waals surface area (Å²) in [5, 5.41) is 6.51. The summed E-state index contributed by atoms with van der Waals surface area (Å²) in [6.45, 7) is 0. The van der Waals surface area contributed by atoms with Gasteiger partial charge in [-0.1, -0.05) is 200 Å². The Hall–Kier alpha value is -9.39. The molecule has 4 heterocycles. The molecule has 0 saturated heterocycles. The highest BCUT2D eigenvalue weighted by molar-refractivity contribution is 6.23. The van der Waals surface area contributed by atoms with E-state index < -0.39 is 0 Å². The topological polar surface area (TPSA) is 61.7 Å². The van der Waals surface area contributed by atoms with E-state index in [1.165, 1.54) is 0 Å². The van der Waals surface area contributed by atoms with Gasteiger partial charge in [-0.15, -0.1) is 0 Å². The Bertz CT molecular complexity index is 4120. The molecule has 0 atom stereocenters. The predicted molar refractivity (Wildman–Crippen MR) is 283 cm³/mol. The number of fused-ring (bicyclic) bond motifs is 9. The van der Waals surface area contributed by atoms with Gasteiger partial charge in [0.1, 0.15) is 11.3 Å². The lowest BCUT2D eigenvalue weighted by Gasteiger charge is -2.24. The van der Waals surface area contributed by atoms with Crippen LogP contribution in [-0.2, 0) is 0 Å². The molecule has 0 fully saturated rings. The van der Waals surface area contributed by atoms with Crippen molar-refractivity contribution in [1.82, 2.24) is 24.1 Å². The molecule has 0 saturated carbocycles. The van der Waals surface area contributed by atoms with E-state index >= 15 is 0 Å². The van der Waals surface area contributed by atoms with Crippen molar-refractivity contribution in [3.8, 4) is 67.8 Å². The Morgan fingerprint density at radius 2 is 0.681 bits per heavy atom. The van der Waals surface area contributed by atoms with Crippen molar-refractivity contribution in [1.29, 1.82) is 0 Å². The van der Waals surface area contributed by atoms with E-state index in [-0.39, 0.29) is 0 Å². The van der Waals surface area contributed by atoms with Crippen molar-refractivity contribution >= 4 is 65.6 Å². The van der Waals surface area contributed by atoms with Crippen LogP contribution in [0.25, 0.3) is 133 Å². The minimum atomic E-state index is 0.538. The molecule has 0 radical (unpaired) electrons. The molecular weight excluding hydrogens is 843 g/mol. The molecule has 6 heteroatoms. The Morgan fingerprint density at radius 1 is 0.290 bits per heavy atom. The maximum absolute atomic E-state index is 7.51. The summed E-state index contributed by atoms with van der Waals surface area (Å²) >= 11 is 0. The Kier molecular flexibility index (Phi) is 8.79. The quantitative estimate of drug-likeness (QED) is 0.160. The zero-order valence-electron chi connectivity index (χ0n) is 37.2. The number of para-hydroxylation sites is 4. The van der Waals surface area contributed by atoms with Gasteiger partial charge in [-0.2, -0.15) is 0 Å². The lowest BCUT2D eigenvalue weighted by Crippen LogP contribution is -2.10. The summed E-state index contributed by atoms with van der Waals surface area (Å²) in [5.41, 5.74) is 14.3. The van der Waals surface area contributed by atoms with Crippen molar-refractivity contribution in [2.24, 2.45) is 0 Å². The Labute approximate surface area is 396 Å². The summed E-state index contributed by atoms with van der Waals surface area (Å²) in [6, 6.07) is 83.1. The summed E-state index contributed by atoms with van der Waals surface area (Å²) in [5.74, 6) is 1.69. The SMILES string of the molecule is c1ccc(-c2ccc3oc4c(-n5c6ccccc6c6ccccc65)c(-n5c6ccccc6c6ccccc65)c(-c5nc(-c6ccccc6)nc(-c6ccccc6)n5)c(-c5ccccc5)c4c3c2)cc1. The second-order valence-corrected chi connectivity index (χ2v) is 17.5. The number of furan rings is 1. The largest absolute Gasteiger partial charge is 0.454 e. The smallest absolute Gasteiger partial charge is 0.166 e. The molecule has 0 aliphatic heterocycles. The van der Waals surface area contributed by atoms with E-state index in [1.54, 1.807) is 0 Å². The first-order valence-corrected chi connectivity index (χ1v) is 23.3. The number of aromatic nitrogens is 5. The van der Waals surface area contributed by atoms with E-state index in [2.05, 4.69) is 209 Å². The third kappa shape index (κ3) is 6.09. The van der Waals surface area contributed by atoms with Gasteiger partial charge in [0, 0.05) is 49.0 Å². The van der Waals surface area contributed by atoms with Gasteiger partial charge >= 0.3 is 0 Å². The highest BCUT2D eigenvalue weighted by atomic mass is 16.3. The van der Waals surface area contributed by atoms with Crippen LogP contribution in [0, 0.1) is 0 Å². The van der Waals surface area contributed by atoms with Crippen LogP contribution in [-0.4, -0.2) is 24.1 Å². The van der Waals surface area contributed by atoms with Crippen LogP contribution in [0.3, 0.4) is 0 Å². The van der Waals surface area contributed by atoms with Crippen LogP contribution >= 0.6 is 0 Å². The van der Waals surface area contributed by atoms with Gasteiger partial charge in [-0.25, -0.2) is 15.0 Å². The Morgan fingerprint density at radius 3 is 1.16 bits per heavy atom. The number of rotatable bonds is 7. The summed E-state index contributed by atoms with van der Waals surface area (Å²) < 4.78 is 12.4. The number of benzene rings is 10. The third-order valence-corrected chi connectivity index (χ3v) is 13.6. The fraction of sp³-hybridized carbons (Fsp3) is 0. The van der Waals surface area contributed by atoms with Crippen LogP contribution in [0.2, 0.25) is 0 Å². The molecule has 0 aliphatic rings. The molecule has 10 aromatic carbocycles. The normalized spacial score (nSPS) is 11.8. The minimum absolute atomic E-state index is 0.538. The van der Waals surface area contributed by atoms with Gasteiger partial charge in [0.05, 0.1) is 33.3 Å². The average Bonchev–Trinajstić information content (AvgIpc) is 4.09. The number of hydrogen-bond donors (Lipinski definition) is 0. The maximum atomic E-state index is 7.51. The first-order chi connectivity index (χ1) is 34.3. The molecule has 14 aromatic rings. The molecule has 69 heavy (non-hydrogen) atoms. The summed E-state index contributed by atoms with van der Waals surface area (Å²) in [4.78, 5) is 16.5. The highest BCUT2D eigenvalue weighted by Gasteiger charge is 2.33. The molecule has 4 aromatic heterocycles. The lowest BCUT2D eigenvalue weighted by molar-refractivity contribution is 0.666. The van der Waals surface area contributed by atoms with Crippen molar-refractivity contribution < 1.29 is 4.42 Å². The second-order valence-electron chi connectivity index (χ2n) is 17.5. The van der Waals surface area contributed by atoms with Crippen LogP contribution in [0.1, 0.15) is 0 Å². The summed E-state index contributed by atoms with van der Waals surface area (Å²) in [7, 11) is 0. The fourth-order valence-corrected chi connectivity index (χ4v) is 10.6. The van der Waals surface area contributed by atoms with Crippen LogP contribution in [0.15, 0.2) is 241 Å². The predicted octanol–water partition coefficient (Wildman–Crippen LogP) is 16.3. The van der Waals surface area contributed by atoms with Gasteiger partial charge in [0.25, 0.3) is 0 Å². The molecule has 14 rings (SSSR count). The zero-order chi connectivity index (χ0) is 45.4. The van der Waals surface area contributed by atoms with Crippen LogP contribution in [0.4, 0.5) is 0 Å². The molecule has 0 amide bonds. The van der Waals surface area contributed by atoms with E-state index in [1.807, 2.05) is 36.4 Å². The van der Waals surface area contributed by atoms with Crippen molar-refractivity contribution in [3.05, 3.63) is 237 Å². The number of nitrogens with zero attached hydrogens (tertiary/aromatic N) is 5. The molecule has 0 N–H and O–H groups in total. The van der Waals surface area contributed by atoms with Crippen LogP contribution < -0.4 is 0 Å². The van der Waals surface area contributed by atoms with E-state index in [4.69, 9.17) is 19.4 Å². The van der Waals surface area contributed by atoms with Gasteiger partial charge in [-0.3, -0.25) is 0 Å². The summed E-state index contributed by atoms with van der Waals surface area (Å²) in [6.07, 6.45) is 0. The third-order valence-electron chi connectivity index (χ3n) is 13.6. The van der Waals surface area contributed by atoms with Gasteiger partial charge in [0.2, 0.25) is 0 Å².